The van der Waals surface area contributed by atoms with E-state index in [4.69, 9.17) is 5.11 Å². The van der Waals surface area contributed by atoms with Crippen LogP contribution < -0.4 is 0 Å². The Morgan fingerprint density at radius 3 is 2.06 bits per heavy atom. The smallest absolute Gasteiger partial charge is 0.335 e. The number of carbonyl (C=O) groups excluding carboxylic acids is 1. The van der Waals surface area contributed by atoms with E-state index in [2.05, 4.69) is 45.0 Å². The summed E-state index contributed by atoms with van der Waals surface area (Å²) >= 11 is 0. The molecule has 2 aromatic carbocycles. The van der Waals surface area contributed by atoms with Crippen molar-refractivity contribution in [3.63, 3.8) is 0 Å². The number of aromatic carboxylic acids is 1. The Kier molecular flexibility index (Phi) is 8.10. The highest BCUT2D eigenvalue weighted by Crippen LogP contribution is 2.12. The maximum Gasteiger partial charge on any atom is 0.335 e. The molecule has 1 N–H and O–H groups in total. The molecular formula is C26H34N4O3. The molecule has 0 aliphatic carbocycles. The molecular weight excluding hydrogens is 416 g/mol. The highest BCUT2D eigenvalue weighted by atomic mass is 16.4. The van der Waals surface area contributed by atoms with Gasteiger partial charge in [-0.25, -0.2) is 4.79 Å². The first kappa shape index (κ1) is 23.4. The van der Waals surface area contributed by atoms with Gasteiger partial charge in [-0.05, 0) is 29.7 Å². The van der Waals surface area contributed by atoms with Crippen molar-refractivity contribution in [2.24, 2.45) is 0 Å². The average molecular weight is 451 g/mol. The molecule has 2 heterocycles. The molecule has 7 heteroatoms. The summed E-state index contributed by atoms with van der Waals surface area (Å²) in [5.74, 6) is -0.676. The molecule has 0 spiro atoms. The zero-order valence-electron chi connectivity index (χ0n) is 19.2. The van der Waals surface area contributed by atoms with Crippen LogP contribution >= 0.6 is 0 Å². The zero-order chi connectivity index (χ0) is 23.0. The van der Waals surface area contributed by atoms with Crippen LogP contribution in [0.1, 0.15) is 21.5 Å². The molecule has 2 aliphatic heterocycles. The van der Waals surface area contributed by atoms with E-state index in [-0.39, 0.29) is 5.91 Å². The number of amides is 1. The molecule has 0 aromatic heterocycles. The predicted octanol–water partition coefficient (Wildman–Crippen LogP) is 1.89. The number of benzene rings is 2. The lowest BCUT2D eigenvalue weighted by Gasteiger charge is -2.38. The van der Waals surface area contributed by atoms with E-state index < -0.39 is 5.97 Å². The van der Waals surface area contributed by atoms with Gasteiger partial charge in [0.1, 0.15) is 0 Å². The predicted molar refractivity (Wildman–Crippen MR) is 128 cm³/mol. The topological polar surface area (TPSA) is 67.3 Å². The number of piperazine rings is 2. The molecule has 7 nitrogen and oxygen atoms in total. The van der Waals surface area contributed by atoms with Crippen molar-refractivity contribution in [3.05, 3.63) is 71.3 Å². The third-order valence-electron chi connectivity index (χ3n) is 6.69. The summed E-state index contributed by atoms with van der Waals surface area (Å²) in [5, 5.41) is 9.17. The van der Waals surface area contributed by atoms with Gasteiger partial charge in [-0.15, -0.1) is 0 Å². The van der Waals surface area contributed by atoms with Crippen LogP contribution in [0, 0.1) is 0 Å². The maximum atomic E-state index is 12.8. The maximum absolute atomic E-state index is 12.8. The minimum Gasteiger partial charge on any atom is -0.478 e. The van der Waals surface area contributed by atoms with Crippen LogP contribution in [-0.2, 0) is 17.8 Å². The fourth-order valence-electron chi connectivity index (χ4n) is 4.61. The number of carboxylic acid groups (broad SMARTS) is 1. The summed E-state index contributed by atoms with van der Waals surface area (Å²) < 4.78 is 0. The second-order valence-electron chi connectivity index (χ2n) is 9.02. The SMILES string of the molecule is O=C(O)c1cccc(CN2CCN(C(=O)CN3CCN(CCc4ccccc4)CC3)CC2)c1. The summed E-state index contributed by atoms with van der Waals surface area (Å²) in [4.78, 5) is 33.0. The van der Waals surface area contributed by atoms with Gasteiger partial charge in [-0.3, -0.25) is 14.6 Å². The van der Waals surface area contributed by atoms with Crippen molar-refractivity contribution in [3.8, 4) is 0 Å². The molecule has 0 bridgehead atoms. The van der Waals surface area contributed by atoms with E-state index >= 15 is 0 Å². The van der Waals surface area contributed by atoms with Crippen molar-refractivity contribution in [2.75, 3.05) is 65.4 Å². The van der Waals surface area contributed by atoms with Gasteiger partial charge in [0.05, 0.1) is 12.1 Å². The van der Waals surface area contributed by atoms with E-state index in [9.17, 15) is 9.59 Å². The molecule has 2 aromatic rings. The van der Waals surface area contributed by atoms with E-state index in [0.717, 1.165) is 70.9 Å². The lowest BCUT2D eigenvalue weighted by atomic mass is 10.1. The van der Waals surface area contributed by atoms with Crippen LogP contribution in [0.4, 0.5) is 0 Å². The van der Waals surface area contributed by atoms with Gasteiger partial charge in [0.15, 0.2) is 0 Å². The highest BCUT2D eigenvalue weighted by Gasteiger charge is 2.24. The lowest BCUT2D eigenvalue weighted by Crippen LogP contribution is -2.53. The van der Waals surface area contributed by atoms with Gasteiger partial charge in [0.2, 0.25) is 5.91 Å². The largest absolute Gasteiger partial charge is 0.478 e. The van der Waals surface area contributed by atoms with E-state index in [0.29, 0.717) is 18.7 Å². The van der Waals surface area contributed by atoms with E-state index in [1.165, 1.54) is 5.56 Å². The number of hydrogen-bond donors (Lipinski definition) is 1. The molecule has 0 radical (unpaired) electrons. The highest BCUT2D eigenvalue weighted by molar-refractivity contribution is 5.87. The molecule has 0 unspecified atom stereocenters. The fourth-order valence-corrected chi connectivity index (χ4v) is 4.61. The van der Waals surface area contributed by atoms with Gasteiger partial charge in [-0.1, -0.05) is 42.5 Å². The summed E-state index contributed by atoms with van der Waals surface area (Å²) in [6.07, 6.45) is 1.07. The molecule has 2 aliphatic rings. The minimum atomic E-state index is -0.899. The van der Waals surface area contributed by atoms with Gasteiger partial charge in [0.25, 0.3) is 0 Å². The minimum absolute atomic E-state index is 0.222. The molecule has 176 valence electrons. The number of nitrogens with zero attached hydrogens (tertiary/aromatic N) is 4. The molecule has 0 saturated carbocycles. The molecule has 4 rings (SSSR count). The van der Waals surface area contributed by atoms with Gasteiger partial charge in [0, 0.05) is 65.4 Å². The molecule has 33 heavy (non-hydrogen) atoms. The zero-order valence-corrected chi connectivity index (χ0v) is 19.2. The van der Waals surface area contributed by atoms with Crippen molar-refractivity contribution in [1.29, 1.82) is 0 Å². The van der Waals surface area contributed by atoms with Crippen LogP contribution in [-0.4, -0.2) is 102 Å². The van der Waals surface area contributed by atoms with Crippen LogP contribution in [0.3, 0.4) is 0 Å². The number of rotatable bonds is 8. The first-order valence-electron chi connectivity index (χ1n) is 11.9. The summed E-state index contributed by atoms with van der Waals surface area (Å²) in [7, 11) is 0. The Morgan fingerprint density at radius 1 is 0.727 bits per heavy atom. The van der Waals surface area contributed by atoms with Crippen LogP contribution in [0.25, 0.3) is 0 Å². The Labute approximate surface area is 196 Å². The van der Waals surface area contributed by atoms with Crippen molar-refractivity contribution in [2.45, 2.75) is 13.0 Å². The third-order valence-corrected chi connectivity index (χ3v) is 6.69. The molecule has 2 saturated heterocycles. The third kappa shape index (κ3) is 6.87. The fraction of sp³-hybridized carbons (Fsp3) is 0.462. The summed E-state index contributed by atoms with van der Waals surface area (Å²) in [6, 6.07) is 17.7. The Morgan fingerprint density at radius 2 is 1.36 bits per heavy atom. The Hall–Kier alpha value is -2.74. The first-order valence-corrected chi connectivity index (χ1v) is 11.9. The summed E-state index contributed by atoms with van der Waals surface area (Å²) in [5.41, 5.74) is 2.70. The first-order chi connectivity index (χ1) is 16.1. The molecule has 0 atom stereocenters. The van der Waals surface area contributed by atoms with Crippen molar-refractivity contribution >= 4 is 11.9 Å². The van der Waals surface area contributed by atoms with Gasteiger partial charge >= 0.3 is 5.97 Å². The van der Waals surface area contributed by atoms with Crippen LogP contribution in [0.2, 0.25) is 0 Å². The number of carboxylic acids is 1. The standard InChI is InChI=1S/C26H34N4O3/c31-25(21-29-13-11-27(12-14-29)10-9-22-5-2-1-3-6-22)30-17-15-28(16-18-30)20-23-7-4-8-24(19-23)26(32)33/h1-8,19H,9-18,20-21H2,(H,32,33). The van der Waals surface area contributed by atoms with Gasteiger partial charge in [-0.2, -0.15) is 0 Å². The van der Waals surface area contributed by atoms with Gasteiger partial charge < -0.3 is 14.9 Å². The monoisotopic (exact) mass is 450 g/mol. The summed E-state index contributed by atoms with van der Waals surface area (Å²) in [6.45, 7) is 9.31. The average Bonchev–Trinajstić information content (AvgIpc) is 2.85. The number of hydrogen-bond acceptors (Lipinski definition) is 5. The van der Waals surface area contributed by atoms with E-state index in [1.54, 1.807) is 18.2 Å². The van der Waals surface area contributed by atoms with Crippen LogP contribution in [0.5, 0.6) is 0 Å². The van der Waals surface area contributed by atoms with Crippen molar-refractivity contribution < 1.29 is 14.7 Å². The molecule has 1 amide bonds. The Balaban J connectivity index is 1.15. The van der Waals surface area contributed by atoms with Crippen molar-refractivity contribution in [1.82, 2.24) is 19.6 Å². The Bertz CT molecular complexity index is 920. The number of carbonyl (C=O) groups is 2. The lowest BCUT2D eigenvalue weighted by molar-refractivity contribution is -0.134. The van der Waals surface area contributed by atoms with E-state index in [1.807, 2.05) is 11.0 Å². The normalized spacial score (nSPS) is 18.4. The molecule has 2 fully saturated rings. The van der Waals surface area contributed by atoms with Crippen LogP contribution in [0.15, 0.2) is 54.6 Å². The quantitative estimate of drug-likeness (QED) is 0.663. The second-order valence-corrected chi connectivity index (χ2v) is 9.02. The second kappa shape index (κ2) is 11.4.